The van der Waals surface area contributed by atoms with Gasteiger partial charge in [0.2, 0.25) is 0 Å². The fourth-order valence-electron chi connectivity index (χ4n) is 3.10. The number of carbonyl (C=O) groups excluding carboxylic acids is 1. The molecule has 3 aromatic rings. The summed E-state index contributed by atoms with van der Waals surface area (Å²) in [4.78, 5) is 22.7. The first-order valence-electron chi connectivity index (χ1n) is 8.84. The third-order valence-corrected chi connectivity index (χ3v) is 4.68. The van der Waals surface area contributed by atoms with Crippen molar-refractivity contribution in [1.82, 2.24) is 19.4 Å². The monoisotopic (exact) mass is 386 g/mol. The van der Waals surface area contributed by atoms with E-state index in [1.165, 1.54) is 23.2 Å². The highest BCUT2D eigenvalue weighted by atomic mass is 19.4. The zero-order valence-electron chi connectivity index (χ0n) is 14.8. The van der Waals surface area contributed by atoms with Crippen LogP contribution in [0.3, 0.4) is 0 Å². The fourth-order valence-corrected chi connectivity index (χ4v) is 3.10. The SMILES string of the molecule is O=C(c1ccc(-n2ccnc2)nc1)N(Cc1ccccc1C(F)(F)F)C1CC1. The average Bonchev–Trinajstić information content (AvgIpc) is 3.38. The van der Waals surface area contributed by atoms with Gasteiger partial charge in [0.05, 0.1) is 11.1 Å². The second-order valence-electron chi connectivity index (χ2n) is 6.69. The lowest BCUT2D eigenvalue weighted by atomic mass is 10.1. The van der Waals surface area contributed by atoms with Crippen LogP contribution in [0.1, 0.15) is 34.3 Å². The van der Waals surface area contributed by atoms with Gasteiger partial charge in [-0.1, -0.05) is 18.2 Å². The van der Waals surface area contributed by atoms with Gasteiger partial charge in [-0.15, -0.1) is 0 Å². The zero-order valence-corrected chi connectivity index (χ0v) is 14.8. The highest BCUT2D eigenvalue weighted by Crippen LogP contribution is 2.35. The fraction of sp³-hybridized carbons (Fsp3) is 0.250. The van der Waals surface area contributed by atoms with Crippen LogP contribution in [-0.2, 0) is 12.7 Å². The normalized spacial score (nSPS) is 14.1. The highest BCUT2D eigenvalue weighted by molar-refractivity contribution is 5.94. The molecule has 4 rings (SSSR count). The summed E-state index contributed by atoms with van der Waals surface area (Å²) >= 11 is 0. The summed E-state index contributed by atoms with van der Waals surface area (Å²) < 4.78 is 41.6. The summed E-state index contributed by atoms with van der Waals surface area (Å²) in [5.41, 5.74) is -0.263. The van der Waals surface area contributed by atoms with E-state index in [4.69, 9.17) is 0 Å². The Balaban J connectivity index is 1.58. The van der Waals surface area contributed by atoms with Gasteiger partial charge < -0.3 is 4.90 Å². The van der Waals surface area contributed by atoms with Gasteiger partial charge in [0.15, 0.2) is 0 Å². The van der Waals surface area contributed by atoms with Crippen LogP contribution < -0.4 is 0 Å². The van der Waals surface area contributed by atoms with Crippen LogP contribution in [0.5, 0.6) is 0 Å². The van der Waals surface area contributed by atoms with E-state index in [9.17, 15) is 18.0 Å². The maximum atomic E-state index is 13.3. The van der Waals surface area contributed by atoms with Crippen LogP contribution in [0, 0.1) is 0 Å². The van der Waals surface area contributed by atoms with E-state index >= 15 is 0 Å². The van der Waals surface area contributed by atoms with Gasteiger partial charge in [-0.2, -0.15) is 13.2 Å². The van der Waals surface area contributed by atoms with E-state index < -0.39 is 11.7 Å². The zero-order chi connectivity index (χ0) is 19.7. The molecule has 8 heteroatoms. The number of imidazole rings is 1. The van der Waals surface area contributed by atoms with Crippen LogP contribution in [0.4, 0.5) is 13.2 Å². The number of nitrogens with zero attached hydrogens (tertiary/aromatic N) is 4. The smallest absolute Gasteiger partial charge is 0.331 e. The second kappa shape index (κ2) is 7.10. The minimum atomic E-state index is -4.46. The van der Waals surface area contributed by atoms with Crippen LogP contribution in [-0.4, -0.2) is 31.4 Å². The lowest BCUT2D eigenvalue weighted by molar-refractivity contribution is -0.138. The summed E-state index contributed by atoms with van der Waals surface area (Å²) in [6.45, 7) is -0.0809. The largest absolute Gasteiger partial charge is 0.416 e. The summed E-state index contributed by atoms with van der Waals surface area (Å²) in [6, 6.07) is 8.66. The van der Waals surface area contributed by atoms with E-state index in [-0.39, 0.29) is 24.1 Å². The van der Waals surface area contributed by atoms with Crippen molar-refractivity contribution in [2.24, 2.45) is 0 Å². The van der Waals surface area contributed by atoms with Gasteiger partial charge in [0.1, 0.15) is 12.1 Å². The summed E-state index contributed by atoms with van der Waals surface area (Å²) in [7, 11) is 0. The number of rotatable bonds is 5. The molecular weight excluding hydrogens is 369 g/mol. The Morgan fingerprint density at radius 1 is 1.18 bits per heavy atom. The Morgan fingerprint density at radius 2 is 1.96 bits per heavy atom. The maximum absolute atomic E-state index is 13.3. The molecule has 2 heterocycles. The third kappa shape index (κ3) is 3.76. The minimum absolute atomic E-state index is 0.0397. The molecule has 1 fully saturated rings. The van der Waals surface area contributed by atoms with Crippen molar-refractivity contribution in [1.29, 1.82) is 0 Å². The molecule has 5 nitrogen and oxygen atoms in total. The van der Waals surface area contributed by atoms with Gasteiger partial charge in [0, 0.05) is 31.2 Å². The predicted octanol–water partition coefficient (Wildman–Crippen LogP) is 4.09. The topological polar surface area (TPSA) is 51.0 Å². The summed E-state index contributed by atoms with van der Waals surface area (Å²) in [5.74, 6) is 0.290. The number of aromatic nitrogens is 3. The molecule has 2 aromatic heterocycles. The molecule has 0 atom stereocenters. The number of pyridine rings is 1. The van der Waals surface area contributed by atoms with Crippen molar-refractivity contribution < 1.29 is 18.0 Å². The van der Waals surface area contributed by atoms with E-state index in [2.05, 4.69) is 9.97 Å². The first kappa shape index (κ1) is 18.2. The Hall–Kier alpha value is -3.16. The van der Waals surface area contributed by atoms with E-state index in [0.29, 0.717) is 11.4 Å². The number of hydrogen-bond donors (Lipinski definition) is 0. The maximum Gasteiger partial charge on any atom is 0.416 e. The van der Waals surface area contributed by atoms with Crippen LogP contribution in [0.2, 0.25) is 0 Å². The second-order valence-corrected chi connectivity index (χ2v) is 6.69. The molecule has 1 saturated carbocycles. The Labute approximate surface area is 159 Å². The molecule has 1 amide bonds. The molecule has 0 aliphatic heterocycles. The van der Waals surface area contributed by atoms with Crippen LogP contribution >= 0.6 is 0 Å². The molecule has 28 heavy (non-hydrogen) atoms. The van der Waals surface area contributed by atoms with Crippen molar-refractivity contribution in [3.63, 3.8) is 0 Å². The lowest BCUT2D eigenvalue weighted by Gasteiger charge is -2.24. The molecular formula is C20H17F3N4O. The number of alkyl halides is 3. The Kier molecular flexibility index (Phi) is 4.62. The van der Waals surface area contributed by atoms with Crippen molar-refractivity contribution in [3.8, 4) is 5.82 Å². The summed E-state index contributed by atoms with van der Waals surface area (Å²) in [5, 5.41) is 0. The van der Waals surface area contributed by atoms with E-state index in [0.717, 1.165) is 18.9 Å². The molecule has 0 spiro atoms. The van der Waals surface area contributed by atoms with Gasteiger partial charge in [-0.3, -0.25) is 9.36 Å². The van der Waals surface area contributed by atoms with E-state index in [1.807, 2.05) is 0 Å². The quantitative estimate of drug-likeness (QED) is 0.664. The minimum Gasteiger partial charge on any atom is -0.331 e. The van der Waals surface area contributed by atoms with Crippen LogP contribution in [0.15, 0.2) is 61.3 Å². The highest BCUT2D eigenvalue weighted by Gasteiger charge is 2.37. The van der Waals surface area contributed by atoms with Crippen molar-refractivity contribution >= 4 is 5.91 Å². The van der Waals surface area contributed by atoms with Gasteiger partial charge in [-0.05, 0) is 36.6 Å². The molecule has 144 valence electrons. The van der Waals surface area contributed by atoms with E-state index in [1.54, 1.807) is 41.5 Å². The Bertz CT molecular complexity index is 964. The lowest BCUT2D eigenvalue weighted by Crippen LogP contribution is -2.33. The predicted molar refractivity (Wildman–Crippen MR) is 95.7 cm³/mol. The first-order chi connectivity index (χ1) is 13.4. The number of hydrogen-bond acceptors (Lipinski definition) is 3. The number of benzene rings is 1. The Morgan fingerprint density at radius 3 is 2.57 bits per heavy atom. The molecule has 0 saturated heterocycles. The van der Waals surface area contributed by atoms with Crippen molar-refractivity contribution in [2.45, 2.75) is 31.6 Å². The van der Waals surface area contributed by atoms with Crippen molar-refractivity contribution in [3.05, 3.63) is 78.0 Å². The molecule has 0 N–H and O–H groups in total. The molecule has 1 aliphatic carbocycles. The molecule has 0 radical (unpaired) electrons. The van der Waals surface area contributed by atoms with Gasteiger partial charge in [-0.25, -0.2) is 9.97 Å². The third-order valence-electron chi connectivity index (χ3n) is 4.68. The average molecular weight is 386 g/mol. The van der Waals surface area contributed by atoms with Gasteiger partial charge in [0.25, 0.3) is 5.91 Å². The first-order valence-corrected chi connectivity index (χ1v) is 8.84. The van der Waals surface area contributed by atoms with Crippen LogP contribution in [0.25, 0.3) is 5.82 Å². The van der Waals surface area contributed by atoms with Gasteiger partial charge >= 0.3 is 6.18 Å². The summed E-state index contributed by atoms with van der Waals surface area (Å²) in [6.07, 6.45) is 3.52. The van der Waals surface area contributed by atoms with Crippen molar-refractivity contribution in [2.75, 3.05) is 0 Å². The molecule has 1 aromatic carbocycles. The standard InChI is InChI=1S/C20H17F3N4O/c21-20(22,23)17-4-2-1-3-15(17)12-27(16-6-7-16)19(28)14-5-8-18(25-11-14)26-10-9-24-13-26/h1-5,8-11,13,16H,6-7,12H2. The molecule has 0 bridgehead atoms. The molecule has 0 unspecified atom stereocenters. The number of carbonyl (C=O) groups is 1. The number of halogens is 3. The molecule has 1 aliphatic rings. The number of amides is 1.